The molecule has 1 atom stereocenters. The maximum Gasteiger partial charge on any atom is 0.176 e. The Balaban J connectivity index is 1.74. The number of hydrogen-bond acceptors (Lipinski definition) is 4. The Hall–Kier alpha value is -1.82. The molecular formula is C13H16FN5. The summed E-state index contributed by atoms with van der Waals surface area (Å²) in [6.07, 6.45) is 4.34. The zero-order chi connectivity index (χ0) is 13.1. The number of hydrogen-bond donors (Lipinski definition) is 1. The second-order valence-corrected chi connectivity index (χ2v) is 4.80. The summed E-state index contributed by atoms with van der Waals surface area (Å²) in [7, 11) is 0. The monoisotopic (exact) mass is 261 g/mol. The first kappa shape index (κ1) is 12.2. The molecule has 1 N–H and O–H groups in total. The Bertz CT molecular complexity index is 547. The van der Waals surface area contributed by atoms with E-state index in [2.05, 4.69) is 20.7 Å². The van der Waals surface area contributed by atoms with E-state index in [0.29, 0.717) is 17.6 Å². The molecule has 19 heavy (non-hydrogen) atoms. The van der Waals surface area contributed by atoms with E-state index in [0.717, 1.165) is 19.4 Å². The average molecular weight is 261 g/mol. The van der Waals surface area contributed by atoms with E-state index in [4.69, 9.17) is 0 Å². The van der Waals surface area contributed by atoms with Crippen LogP contribution in [-0.2, 0) is 6.42 Å². The van der Waals surface area contributed by atoms with Gasteiger partial charge in [0.05, 0.1) is 0 Å². The van der Waals surface area contributed by atoms with Gasteiger partial charge in [-0.1, -0.05) is 18.6 Å². The standard InChI is InChI=1S/C13H16FN5/c14-11-6-1-2-7-12(11)19-17-13(16-18-19)9-10-5-3-4-8-15-10/h1-2,6-7,10,15H,3-5,8-9H2. The van der Waals surface area contributed by atoms with Crippen molar-refractivity contribution in [2.75, 3.05) is 6.54 Å². The summed E-state index contributed by atoms with van der Waals surface area (Å²) >= 11 is 0. The number of halogens is 1. The predicted molar refractivity (Wildman–Crippen MR) is 68.5 cm³/mol. The molecule has 0 aliphatic carbocycles. The predicted octanol–water partition coefficient (Wildman–Crippen LogP) is 1.49. The van der Waals surface area contributed by atoms with E-state index in [1.54, 1.807) is 18.2 Å². The summed E-state index contributed by atoms with van der Waals surface area (Å²) in [5, 5.41) is 15.6. The van der Waals surface area contributed by atoms with Crippen LogP contribution in [0.25, 0.3) is 5.69 Å². The average Bonchev–Trinajstić information content (AvgIpc) is 2.89. The zero-order valence-electron chi connectivity index (χ0n) is 10.6. The highest BCUT2D eigenvalue weighted by Crippen LogP contribution is 2.12. The number of rotatable bonds is 3. The molecule has 1 unspecified atom stereocenters. The molecule has 1 aromatic heterocycles. The first-order valence-electron chi connectivity index (χ1n) is 6.60. The van der Waals surface area contributed by atoms with E-state index in [-0.39, 0.29) is 5.82 Å². The molecule has 1 aliphatic rings. The molecule has 0 spiro atoms. The van der Waals surface area contributed by atoms with Crippen molar-refractivity contribution in [2.24, 2.45) is 0 Å². The molecule has 0 amide bonds. The van der Waals surface area contributed by atoms with E-state index >= 15 is 0 Å². The van der Waals surface area contributed by atoms with Gasteiger partial charge in [0.15, 0.2) is 11.6 Å². The lowest BCUT2D eigenvalue weighted by molar-refractivity contribution is 0.394. The number of benzene rings is 1. The third-order valence-electron chi connectivity index (χ3n) is 3.36. The van der Waals surface area contributed by atoms with E-state index in [1.807, 2.05) is 0 Å². The molecule has 1 aromatic carbocycles. The lowest BCUT2D eigenvalue weighted by Crippen LogP contribution is -2.35. The minimum absolute atomic E-state index is 0.331. The Kier molecular flexibility index (Phi) is 3.50. The van der Waals surface area contributed by atoms with Crippen molar-refractivity contribution in [3.63, 3.8) is 0 Å². The van der Waals surface area contributed by atoms with Gasteiger partial charge in [0.2, 0.25) is 0 Å². The van der Waals surface area contributed by atoms with Crippen LogP contribution in [0, 0.1) is 5.82 Å². The summed E-state index contributed by atoms with van der Waals surface area (Å²) in [6, 6.07) is 6.83. The first-order valence-corrected chi connectivity index (χ1v) is 6.60. The first-order chi connectivity index (χ1) is 9.33. The van der Waals surface area contributed by atoms with E-state index < -0.39 is 0 Å². The largest absolute Gasteiger partial charge is 0.314 e. The molecule has 1 aliphatic heterocycles. The summed E-state index contributed by atoms with van der Waals surface area (Å²) in [5.41, 5.74) is 0.331. The number of tetrazole rings is 1. The van der Waals surface area contributed by atoms with Crippen molar-refractivity contribution in [3.05, 3.63) is 35.9 Å². The summed E-state index contributed by atoms with van der Waals surface area (Å²) in [6.45, 7) is 1.05. The van der Waals surface area contributed by atoms with Gasteiger partial charge >= 0.3 is 0 Å². The number of para-hydroxylation sites is 1. The maximum absolute atomic E-state index is 13.6. The molecule has 0 saturated carbocycles. The van der Waals surface area contributed by atoms with Gasteiger partial charge in [0, 0.05) is 12.5 Å². The summed E-state index contributed by atoms with van der Waals surface area (Å²) in [4.78, 5) is 1.26. The SMILES string of the molecule is Fc1ccccc1-n1nnc(CC2CCCCN2)n1. The van der Waals surface area contributed by atoms with Crippen molar-refractivity contribution < 1.29 is 4.39 Å². The molecule has 2 heterocycles. The second kappa shape index (κ2) is 5.44. The smallest absolute Gasteiger partial charge is 0.176 e. The van der Waals surface area contributed by atoms with Crippen LogP contribution in [-0.4, -0.2) is 32.8 Å². The van der Waals surface area contributed by atoms with Crippen LogP contribution in [0.15, 0.2) is 24.3 Å². The minimum atomic E-state index is -0.345. The van der Waals surface area contributed by atoms with Crippen LogP contribution in [0.1, 0.15) is 25.1 Å². The van der Waals surface area contributed by atoms with Crippen LogP contribution < -0.4 is 5.32 Å². The van der Waals surface area contributed by atoms with Gasteiger partial charge in [-0.05, 0) is 36.7 Å². The van der Waals surface area contributed by atoms with Crippen molar-refractivity contribution in [3.8, 4) is 5.69 Å². The van der Waals surface area contributed by atoms with Crippen LogP contribution in [0.2, 0.25) is 0 Å². The van der Waals surface area contributed by atoms with Crippen LogP contribution in [0.3, 0.4) is 0 Å². The molecule has 0 radical (unpaired) electrons. The number of aromatic nitrogens is 4. The number of nitrogens with zero attached hydrogens (tertiary/aromatic N) is 4. The topological polar surface area (TPSA) is 55.6 Å². The van der Waals surface area contributed by atoms with Crippen LogP contribution in [0.4, 0.5) is 4.39 Å². The van der Waals surface area contributed by atoms with Gasteiger partial charge in [-0.15, -0.1) is 15.0 Å². The quantitative estimate of drug-likeness (QED) is 0.909. The van der Waals surface area contributed by atoms with Crippen LogP contribution >= 0.6 is 0 Å². The highest BCUT2D eigenvalue weighted by atomic mass is 19.1. The van der Waals surface area contributed by atoms with E-state index in [1.165, 1.54) is 23.7 Å². The van der Waals surface area contributed by atoms with Gasteiger partial charge in [-0.25, -0.2) is 4.39 Å². The molecule has 3 rings (SSSR count). The molecule has 1 fully saturated rings. The van der Waals surface area contributed by atoms with Gasteiger partial charge in [-0.3, -0.25) is 0 Å². The fourth-order valence-electron chi connectivity index (χ4n) is 2.36. The Morgan fingerprint density at radius 3 is 3.00 bits per heavy atom. The van der Waals surface area contributed by atoms with Crippen LogP contribution in [0.5, 0.6) is 0 Å². The van der Waals surface area contributed by atoms with Gasteiger partial charge < -0.3 is 5.32 Å². The normalized spacial score (nSPS) is 19.5. The number of nitrogens with one attached hydrogen (secondary N) is 1. The molecular weight excluding hydrogens is 245 g/mol. The fraction of sp³-hybridized carbons (Fsp3) is 0.462. The Morgan fingerprint density at radius 2 is 2.21 bits per heavy atom. The lowest BCUT2D eigenvalue weighted by Gasteiger charge is -2.21. The molecule has 6 heteroatoms. The highest BCUT2D eigenvalue weighted by Gasteiger charge is 2.16. The summed E-state index contributed by atoms with van der Waals surface area (Å²) < 4.78 is 13.6. The van der Waals surface area contributed by atoms with Gasteiger partial charge in [0.1, 0.15) is 5.69 Å². The zero-order valence-corrected chi connectivity index (χ0v) is 10.6. The summed E-state index contributed by atoms with van der Waals surface area (Å²) in [5.74, 6) is 0.310. The minimum Gasteiger partial charge on any atom is -0.314 e. The maximum atomic E-state index is 13.6. The number of piperidine rings is 1. The third-order valence-corrected chi connectivity index (χ3v) is 3.36. The second-order valence-electron chi connectivity index (χ2n) is 4.80. The van der Waals surface area contributed by atoms with E-state index in [9.17, 15) is 4.39 Å². The van der Waals surface area contributed by atoms with Crippen molar-refractivity contribution in [1.82, 2.24) is 25.5 Å². The molecule has 5 nitrogen and oxygen atoms in total. The Labute approximate surface area is 110 Å². The van der Waals surface area contributed by atoms with Gasteiger partial charge in [-0.2, -0.15) is 0 Å². The molecule has 1 saturated heterocycles. The van der Waals surface area contributed by atoms with Gasteiger partial charge in [0.25, 0.3) is 0 Å². The Morgan fingerprint density at radius 1 is 1.32 bits per heavy atom. The lowest BCUT2D eigenvalue weighted by atomic mass is 10.0. The molecule has 100 valence electrons. The highest BCUT2D eigenvalue weighted by molar-refractivity contribution is 5.30. The third kappa shape index (κ3) is 2.78. The van der Waals surface area contributed by atoms with Crippen molar-refractivity contribution >= 4 is 0 Å². The molecule has 0 bridgehead atoms. The molecule has 2 aromatic rings. The van der Waals surface area contributed by atoms with Crippen molar-refractivity contribution in [1.29, 1.82) is 0 Å². The fourth-order valence-corrected chi connectivity index (χ4v) is 2.36. The van der Waals surface area contributed by atoms with Crippen molar-refractivity contribution in [2.45, 2.75) is 31.7 Å².